The van der Waals surface area contributed by atoms with E-state index in [-0.39, 0.29) is 11.9 Å². The Bertz CT molecular complexity index is 861. The van der Waals surface area contributed by atoms with Gasteiger partial charge in [-0.2, -0.15) is 0 Å². The van der Waals surface area contributed by atoms with Crippen LogP contribution in [-0.4, -0.2) is 11.0 Å². The van der Waals surface area contributed by atoms with Gasteiger partial charge in [-0.3, -0.25) is 4.79 Å². The lowest BCUT2D eigenvalue weighted by molar-refractivity contribution is -0.113. The molecule has 3 rings (SSSR count). The zero-order valence-corrected chi connectivity index (χ0v) is 15.5. The van der Waals surface area contributed by atoms with Crippen LogP contribution in [0.15, 0.2) is 59.8 Å². The number of aryl methyl sites for hydroxylation is 1. The molecule has 1 atom stereocenters. The lowest BCUT2D eigenvalue weighted by Crippen LogP contribution is -2.45. The number of nitrogens with one attached hydrogen (secondary N) is 3. The van der Waals surface area contributed by atoms with Gasteiger partial charge in [0.25, 0.3) is 5.91 Å². The maximum Gasteiger partial charge on any atom is 0.255 e. The summed E-state index contributed by atoms with van der Waals surface area (Å²) in [7, 11) is 0. The highest BCUT2D eigenvalue weighted by Gasteiger charge is 2.29. The summed E-state index contributed by atoms with van der Waals surface area (Å²) >= 11 is 11.2. The van der Waals surface area contributed by atoms with E-state index in [1.165, 1.54) is 0 Å². The van der Waals surface area contributed by atoms with Crippen molar-refractivity contribution in [2.45, 2.75) is 19.9 Å². The second kappa shape index (κ2) is 7.25. The fraction of sp³-hybridized carbons (Fsp3) is 0.158. The molecule has 1 aliphatic rings. The lowest BCUT2D eigenvalue weighted by atomic mass is 9.95. The first kappa shape index (κ1) is 17.5. The van der Waals surface area contributed by atoms with Crippen LogP contribution in [0.1, 0.15) is 24.1 Å². The number of amides is 1. The number of benzene rings is 2. The van der Waals surface area contributed by atoms with Gasteiger partial charge in [-0.25, -0.2) is 0 Å². The van der Waals surface area contributed by atoms with Gasteiger partial charge in [-0.05, 0) is 61.5 Å². The summed E-state index contributed by atoms with van der Waals surface area (Å²) in [4.78, 5) is 12.9. The van der Waals surface area contributed by atoms with Crippen molar-refractivity contribution in [2.75, 3.05) is 5.32 Å². The first-order chi connectivity index (χ1) is 11.9. The Hall–Kier alpha value is -2.37. The highest BCUT2D eigenvalue weighted by atomic mass is 35.5. The lowest BCUT2D eigenvalue weighted by Gasteiger charge is -2.30. The number of hydrogen-bond acceptors (Lipinski definition) is 2. The van der Waals surface area contributed by atoms with Gasteiger partial charge < -0.3 is 16.0 Å². The monoisotopic (exact) mass is 371 g/mol. The molecular weight excluding hydrogens is 354 g/mol. The average Bonchev–Trinajstić information content (AvgIpc) is 2.54. The van der Waals surface area contributed by atoms with Crippen molar-refractivity contribution >= 4 is 40.5 Å². The van der Waals surface area contributed by atoms with Crippen molar-refractivity contribution in [1.82, 2.24) is 10.6 Å². The van der Waals surface area contributed by atoms with Crippen molar-refractivity contribution in [1.29, 1.82) is 0 Å². The molecule has 0 saturated carbocycles. The van der Waals surface area contributed by atoms with E-state index in [1.54, 1.807) is 12.1 Å². The first-order valence-corrected chi connectivity index (χ1v) is 8.64. The Kier molecular flexibility index (Phi) is 5.06. The summed E-state index contributed by atoms with van der Waals surface area (Å²) in [6.07, 6.45) is 0. The van der Waals surface area contributed by atoms with Gasteiger partial charge in [0.05, 0.1) is 11.6 Å². The highest BCUT2D eigenvalue weighted by Crippen LogP contribution is 2.28. The molecule has 6 heteroatoms. The number of anilines is 1. The van der Waals surface area contributed by atoms with Crippen LogP contribution in [0, 0.1) is 6.92 Å². The number of carbonyl (C=O) groups excluding carboxylic acids is 1. The minimum Gasteiger partial charge on any atom is -0.351 e. The standard InChI is InChI=1S/C19H18ClN3OS/c1-11-4-3-5-15(10-11)22-18(24)16-12(2)21-19(25)23-17(16)13-6-8-14(20)9-7-13/h3-10,17H,1-2H3,(H,22,24)(H2,21,23,25). The number of hydrogen-bond donors (Lipinski definition) is 3. The molecule has 4 nitrogen and oxygen atoms in total. The summed E-state index contributed by atoms with van der Waals surface area (Å²) < 4.78 is 0. The molecule has 0 radical (unpaired) electrons. The van der Waals surface area contributed by atoms with Crippen molar-refractivity contribution in [3.05, 3.63) is 76.0 Å². The fourth-order valence-electron chi connectivity index (χ4n) is 2.82. The van der Waals surface area contributed by atoms with Crippen molar-refractivity contribution in [3.63, 3.8) is 0 Å². The molecule has 3 N–H and O–H groups in total. The van der Waals surface area contributed by atoms with E-state index in [9.17, 15) is 4.79 Å². The van der Waals surface area contributed by atoms with Gasteiger partial charge in [0, 0.05) is 16.4 Å². The third kappa shape index (κ3) is 4.00. The second-order valence-electron chi connectivity index (χ2n) is 5.95. The third-order valence-electron chi connectivity index (χ3n) is 3.99. The number of rotatable bonds is 3. The van der Waals surface area contributed by atoms with Gasteiger partial charge in [0.15, 0.2) is 5.11 Å². The molecule has 1 amide bonds. The van der Waals surface area contributed by atoms with E-state index in [2.05, 4.69) is 16.0 Å². The molecule has 1 aliphatic heterocycles. The van der Waals surface area contributed by atoms with Crippen molar-refractivity contribution in [3.8, 4) is 0 Å². The molecule has 25 heavy (non-hydrogen) atoms. The zero-order valence-electron chi connectivity index (χ0n) is 13.9. The van der Waals surface area contributed by atoms with Crippen molar-refractivity contribution in [2.24, 2.45) is 0 Å². The highest BCUT2D eigenvalue weighted by molar-refractivity contribution is 7.80. The van der Waals surface area contributed by atoms with Gasteiger partial charge in [-0.1, -0.05) is 35.9 Å². The van der Waals surface area contributed by atoms with Crippen LogP contribution in [-0.2, 0) is 4.79 Å². The number of carbonyl (C=O) groups is 1. The minimum absolute atomic E-state index is 0.175. The third-order valence-corrected chi connectivity index (χ3v) is 4.46. The zero-order chi connectivity index (χ0) is 18.0. The van der Waals surface area contributed by atoms with E-state index < -0.39 is 0 Å². The number of thiocarbonyl (C=S) groups is 1. The first-order valence-electron chi connectivity index (χ1n) is 7.86. The predicted molar refractivity (Wildman–Crippen MR) is 106 cm³/mol. The quantitative estimate of drug-likeness (QED) is 0.711. The van der Waals surface area contributed by atoms with Crippen LogP contribution in [0.5, 0.6) is 0 Å². The van der Waals surface area contributed by atoms with Crippen LogP contribution in [0.3, 0.4) is 0 Å². The smallest absolute Gasteiger partial charge is 0.255 e. The van der Waals surface area contributed by atoms with Gasteiger partial charge in [-0.15, -0.1) is 0 Å². The molecule has 0 aromatic heterocycles. The molecule has 1 heterocycles. The van der Waals surface area contributed by atoms with Crippen LogP contribution in [0.2, 0.25) is 5.02 Å². The molecule has 0 spiro atoms. The topological polar surface area (TPSA) is 53.2 Å². The molecule has 2 aromatic carbocycles. The van der Waals surface area contributed by atoms with Crippen LogP contribution < -0.4 is 16.0 Å². The number of allylic oxidation sites excluding steroid dienone is 1. The molecule has 2 aromatic rings. The van der Waals surface area contributed by atoms with E-state index in [1.807, 2.05) is 50.2 Å². The van der Waals surface area contributed by atoms with Crippen LogP contribution >= 0.6 is 23.8 Å². The Morgan fingerprint density at radius 1 is 1.16 bits per heavy atom. The minimum atomic E-state index is -0.337. The SMILES string of the molecule is CC1=C(C(=O)Nc2cccc(C)c2)C(c2ccc(Cl)cc2)NC(=S)N1. The van der Waals surface area contributed by atoms with E-state index >= 15 is 0 Å². The summed E-state index contributed by atoms with van der Waals surface area (Å²) in [5.41, 5.74) is 4.08. The molecule has 0 saturated heterocycles. The maximum absolute atomic E-state index is 12.9. The summed E-state index contributed by atoms with van der Waals surface area (Å²) in [5, 5.41) is 10.3. The molecule has 1 unspecified atom stereocenters. The molecule has 0 bridgehead atoms. The Balaban J connectivity index is 1.94. The maximum atomic E-state index is 12.9. The second-order valence-corrected chi connectivity index (χ2v) is 6.79. The van der Waals surface area contributed by atoms with Gasteiger partial charge >= 0.3 is 0 Å². The molecule has 128 valence electrons. The Morgan fingerprint density at radius 2 is 1.88 bits per heavy atom. The van der Waals surface area contributed by atoms with Crippen LogP contribution in [0.4, 0.5) is 5.69 Å². The van der Waals surface area contributed by atoms with E-state index in [0.717, 1.165) is 22.5 Å². The summed E-state index contributed by atoms with van der Waals surface area (Å²) in [6.45, 7) is 3.83. The predicted octanol–water partition coefficient (Wildman–Crippen LogP) is 4.08. The summed E-state index contributed by atoms with van der Waals surface area (Å²) in [5.74, 6) is -0.175. The van der Waals surface area contributed by atoms with E-state index in [0.29, 0.717) is 15.7 Å². The van der Waals surface area contributed by atoms with Gasteiger partial charge in [0.2, 0.25) is 0 Å². The van der Waals surface area contributed by atoms with Crippen molar-refractivity contribution < 1.29 is 4.79 Å². The largest absolute Gasteiger partial charge is 0.351 e. The van der Waals surface area contributed by atoms with E-state index in [4.69, 9.17) is 23.8 Å². The molecular formula is C19H18ClN3OS. The Morgan fingerprint density at radius 3 is 2.56 bits per heavy atom. The summed E-state index contributed by atoms with van der Waals surface area (Å²) in [6, 6.07) is 14.7. The fourth-order valence-corrected chi connectivity index (χ4v) is 3.22. The molecule has 0 aliphatic carbocycles. The van der Waals surface area contributed by atoms with Gasteiger partial charge in [0.1, 0.15) is 0 Å². The Labute approximate surface area is 157 Å². The number of halogens is 1. The average molecular weight is 372 g/mol. The van der Waals surface area contributed by atoms with Crippen LogP contribution in [0.25, 0.3) is 0 Å². The normalized spacial score (nSPS) is 16.9. The molecule has 0 fully saturated rings.